The summed E-state index contributed by atoms with van der Waals surface area (Å²) in [6.45, 7) is 4.83. The fourth-order valence-corrected chi connectivity index (χ4v) is 1.63. The molecule has 0 amide bonds. The van der Waals surface area contributed by atoms with Gasteiger partial charge in [0.2, 0.25) is 4.77 Å². The largest absolute Gasteiger partial charge is 0.278 e. The third-order valence-electron chi connectivity index (χ3n) is 2.21. The van der Waals surface area contributed by atoms with Crippen molar-refractivity contribution < 1.29 is 0 Å². The van der Waals surface area contributed by atoms with E-state index < -0.39 is 0 Å². The Bertz CT molecular complexity index is 533. The first-order valence-electron chi connectivity index (χ1n) is 4.79. The van der Waals surface area contributed by atoms with Crippen LogP contribution in [-0.4, -0.2) is 24.5 Å². The lowest BCUT2D eigenvalue weighted by atomic mass is 10.3. The van der Waals surface area contributed by atoms with E-state index in [0.29, 0.717) is 4.77 Å². The Hall–Kier alpha value is -1.43. The number of hydrogen-bond donors (Lipinski definition) is 1. The van der Waals surface area contributed by atoms with Crippen molar-refractivity contribution in [2.24, 2.45) is 7.05 Å². The second-order valence-electron chi connectivity index (χ2n) is 3.40. The highest BCUT2D eigenvalue weighted by Crippen LogP contribution is 2.15. The number of aromatic amines is 1. The number of aryl methyl sites for hydroxylation is 3. The Balaban J connectivity index is 2.57. The summed E-state index contributed by atoms with van der Waals surface area (Å²) in [5, 5.41) is 7.45. The lowest BCUT2D eigenvalue weighted by Crippen LogP contribution is -2.00. The van der Waals surface area contributed by atoms with Gasteiger partial charge in [-0.3, -0.25) is 14.5 Å². The second-order valence-corrected chi connectivity index (χ2v) is 3.77. The molecule has 80 valence electrons. The molecule has 2 heterocycles. The molecule has 0 aromatic carbocycles. The van der Waals surface area contributed by atoms with Crippen LogP contribution in [0.15, 0.2) is 6.07 Å². The van der Waals surface area contributed by atoms with Gasteiger partial charge in [-0.25, -0.2) is 0 Å². The van der Waals surface area contributed by atoms with Gasteiger partial charge < -0.3 is 0 Å². The molecule has 0 aliphatic rings. The van der Waals surface area contributed by atoms with Gasteiger partial charge in [0, 0.05) is 13.6 Å². The SMILES string of the molecule is CCn1nc(C)cc1-c1nc(=S)n(C)[nH]1. The fourth-order valence-electron chi connectivity index (χ4n) is 1.49. The molecule has 0 saturated heterocycles. The normalized spacial score (nSPS) is 10.9. The van der Waals surface area contributed by atoms with E-state index in [1.54, 1.807) is 4.68 Å². The summed E-state index contributed by atoms with van der Waals surface area (Å²) in [7, 11) is 1.85. The van der Waals surface area contributed by atoms with Crippen molar-refractivity contribution >= 4 is 12.2 Å². The minimum Gasteiger partial charge on any atom is -0.278 e. The number of aromatic nitrogens is 5. The summed E-state index contributed by atoms with van der Waals surface area (Å²) in [6, 6.07) is 2.00. The molecule has 0 saturated carbocycles. The third kappa shape index (κ3) is 1.72. The number of nitrogens with zero attached hydrogens (tertiary/aromatic N) is 4. The van der Waals surface area contributed by atoms with E-state index in [1.807, 2.05) is 31.6 Å². The smallest absolute Gasteiger partial charge is 0.216 e. The molecule has 0 aliphatic heterocycles. The van der Waals surface area contributed by atoms with Crippen LogP contribution in [0, 0.1) is 11.7 Å². The molecule has 0 atom stereocenters. The van der Waals surface area contributed by atoms with E-state index in [0.717, 1.165) is 23.8 Å². The molecule has 2 rings (SSSR count). The summed E-state index contributed by atoms with van der Waals surface area (Å²) < 4.78 is 4.17. The number of hydrogen-bond acceptors (Lipinski definition) is 3. The van der Waals surface area contributed by atoms with Crippen LogP contribution in [0.3, 0.4) is 0 Å². The molecular formula is C9H13N5S. The first-order chi connectivity index (χ1) is 7.11. The van der Waals surface area contributed by atoms with E-state index in [1.165, 1.54) is 0 Å². The molecule has 2 aromatic rings. The molecule has 1 N–H and O–H groups in total. The average Bonchev–Trinajstić information content (AvgIpc) is 2.71. The standard InChI is InChI=1S/C9H13N5S/c1-4-14-7(5-6(2)11-14)8-10-9(15)13(3)12-8/h5H,4H2,1-3H3,(H,10,12,15). The van der Waals surface area contributed by atoms with Crippen LogP contribution >= 0.6 is 12.2 Å². The maximum atomic E-state index is 5.05. The molecular weight excluding hydrogens is 210 g/mol. The predicted molar refractivity (Wildman–Crippen MR) is 60.0 cm³/mol. The monoisotopic (exact) mass is 223 g/mol. The summed E-state index contributed by atoms with van der Waals surface area (Å²) >= 11 is 5.05. The van der Waals surface area contributed by atoms with E-state index in [4.69, 9.17) is 12.2 Å². The number of rotatable bonds is 2. The van der Waals surface area contributed by atoms with Crippen molar-refractivity contribution in [3.63, 3.8) is 0 Å². The fraction of sp³-hybridized carbons (Fsp3) is 0.444. The molecule has 0 aliphatic carbocycles. The molecule has 0 bridgehead atoms. The molecule has 15 heavy (non-hydrogen) atoms. The molecule has 2 aromatic heterocycles. The summed E-state index contributed by atoms with van der Waals surface area (Å²) in [6.07, 6.45) is 0. The predicted octanol–water partition coefficient (Wildman–Crippen LogP) is 1.67. The topological polar surface area (TPSA) is 51.4 Å². The van der Waals surface area contributed by atoms with Crippen molar-refractivity contribution in [3.8, 4) is 11.5 Å². The van der Waals surface area contributed by atoms with E-state index >= 15 is 0 Å². The van der Waals surface area contributed by atoms with Gasteiger partial charge in [0.05, 0.1) is 5.69 Å². The Morgan fingerprint density at radius 3 is 2.80 bits per heavy atom. The van der Waals surface area contributed by atoms with Gasteiger partial charge in [0.25, 0.3) is 0 Å². The zero-order chi connectivity index (χ0) is 11.0. The molecule has 5 nitrogen and oxygen atoms in total. The molecule has 6 heteroatoms. The van der Waals surface area contributed by atoms with Crippen molar-refractivity contribution in [3.05, 3.63) is 16.5 Å². The Morgan fingerprint density at radius 1 is 1.53 bits per heavy atom. The summed E-state index contributed by atoms with van der Waals surface area (Å²) in [5.74, 6) is 0.768. The maximum Gasteiger partial charge on any atom is 0.216 e. The van der Waals surface area contributed by atoms with Gasteiger partial charge in [-0.2, -0.15) is 10.1 Å². The Labute approximate surface area is 92.7 Å². The lowest BCUT2D eigenvalue weighted by molar-refractivity contribution is 0.655. The Kier molecular flexibility index (Phi) is 2.44. The Morgan fingerprint density at radius 2 is 2.27 bits per heavy atom. The highest BCUT2D eigenvalue weighted by molar-refractivity contribution is 7.71. The van der Waals surface area contributed by atoms with Crippen LogP contribution in [0.1, 0.15) is 12.6 Å². The summed E-state index contributed by atoms with van der Waals surface area (Å²) in [4.78, 5) is 4.26. The quantitative estimate of drug-likeness (QED) is 0.788. The van der Waals surface area contributed by atoms with Crippen LogP contribution < -0.4 is 0 Å². The molecule has 0 radical (unpaired) electrons. The van der Waals surface area contributed by atoms with E-state index in [-0.39, 0.29) is 0 Å². The van der Waals surface area contributed by atoms with Crippen LogP contribution in [0.4, 0.5) is 0 Å². The molecule has 0 unspecified atom stereocenters. The average molecular weight is 223 g/mol. The van der Waals surface area contributed by atoms with Gasteiger partial charge in [-0.15, -0.1) is 0 Å². The van der Waals surface area contributed by atoms with Crippen molar-refractivity contribution in [1.29, 1.82) is 0 Å². The maximum absolute atomic E-state index is 5.05. The van der Waals surface area contributed by atoms with Gasteiger partial charge in [-0.1, -0.05) is 0 Å². The van der Waals surface area contributed by atoms with Crippen LogP contribution in [-0.2, 0) is 13.6 Å². The van der Waals surface area contributed by atoms with Crippen LogP contribution in [0.25, 0.3) is 11.5 Å². The van der Waals surface area contributed by atoms with Gasteiger partial charge in [-0.05, 0) is 32.1 Å². The number of nitrogens with one attached hydrogen (secondary N) is 1. The van der Waals surface area contributed by atoms with Crippen LogP contribution in [0.2, 0.25) is 0 Å². The molecule has 0 spiro atoms. The third-order valence-corrected chi connectivity index (χ3v) is 2.58. The van der Waals surface area contributed by atoms with Crippen molar-refractivity contribution in [2.75, 3.05) is 0 Å². The van der Waals surface area contributed by atoms with E-state index in [9.17, 15) is 0 Å². The van der Waals surface area contributed by atoms with Crippen molar-refractivity contribution in [2.45, 2.75) is 20.4 Å². The highest BCUT2D eigenvalue weighted by atomic mass is 32.1. The highest BCUT2D eigenvalue weighted by Gasteiger charge is 2.10. The number of H-pyrrole nitrogens is 1. The zero-order valence-corrected chi connectivity index (χ0v) is 9.80. The molecule has 0 fully saturated rings. The van der Waals surface area contributed by atoms with Gasteiger partial charge in [0.15, 0.2) is 5.82 Å². The first-order valence-corrected chi connectivity index (χ1v) is 5.20. The van der Waals surface area contributed by atoms with Gasteiger partial charge in [0.1, 0.15) is 5.69 Å². The summed E-state index contributed by atoms with van der Waals surface area (Å²) in [5.41, 5.74) is 1.96. The minimum atomic E-state index is 0.548. The first kappa shape index (κ1) is 10.1. The van der Waals surface area contributed by atoms with Crippen molar-refractivity contribution in [1.82, 2.24) is 24.5 Å². The zero-order valence-electron chi connectivity index (χ0n) is 8.98. The van der Waals surface area contributed by atoms with E-state index in [2.05, 4.69) is 15.2 Å². The van der Waals surface area contributed by atoms with Crippen LogP contribution in [0.5, 0.6) is 0 Å². The second kappa shape index (κ2) is 3.62. The minimum absolute atomic E-state index is 0.548. The lowest BCUT2D eigenvalue weighted by Gasteiger charge is -1.99. The van der Waals surface area contributed by atoms with Gasteiger partial charge >= 0.3 is 0 Å².